The lowest BCUT2D eigenvalue weighted by Crippen LogP contribution is -2.50. The molecule has 0 saturated heterocycles. The molecule has 2 heterocycles. The number of nitrogens with zero attached hydrogens (tertiary/aromatic N) is 2. The Morgan fingerprint density at radius 3 is 2.76 bits per heavy atom. The molecule has 8 nitrogen and oxygen atoms in total. The van der Waals surface area contributed by atoms with E-state index in [9.17, 15) is 19.8 Å². The minimum absolute atomic E-state index is 0.169. The number of thioether (sulfide) groups is 1. The van der Waals surface area contributed by atoms with Crippen LogP contribution in [0.1, 0.15) is 32.6 Å². The summed E-state index contributed by atoms with van der Waals surface area (Å²) in [4.78, 5) is 28.7. The summed E-state index contributed by atoms with van der Waals surface area (Å²) in [7, 11) is 1.54. The molecule has 0 radical (unpaired) electrons. The third-order valence-corrected chi connectivity index (χ3v) is 8.09. The van der Waals surface area contributed by atoms with Gasteiger partial charge in [0.05, 0.1) is 12.2 Å². The fourth-order valence-corrected chi connectivity index (χ4v) is 6.04. The van der Waals surface area contributed by atoms with Crippen LogP contribution in [0.5, 0.6) is 0 Å². The van der Waals surface area contributed by atoms with E-state index in [-0.39, 0.29) is 5.70 Å². The monoisotopic (exact) mass is 523 g/mol. The SMILES string of the molecule is C=CC1=C(/C=C\C)SCC2=C(C=CC=CC2)C1N(CC1CCC1)C(=O)C1=C(O)OC(C(=O)O)=CN1NC. The Bertz CT molecular complexity index is 1190. The Hall–Kier alpha value is -3.43. The van der Waals surface area contributed by atoms with Crippen molar-refractivity contribution in [2.45, 2.75) is 38.6 Å². The fraction of sp³-hybridized carbons (Fsp3) is 0.357. The quantitative estimate of drug-likeness (QED) is 0.422. The summed E-state index contributed by atoms with van der Waals surface area (Å²) in [5.41, 5.74) is 5.80. The molecule has 2 aliphatic carbocycles. The van der Waals surface area contributed by atoms with Gasteiger partial charge in [-0.25, -0.2) is 10.2 Å². The molecule has 1 unspecified atom stereocenters. The van der Waals surface area contributed by atoms with Gasteiger partial charge in [-0.15, -0.1) is 11.8 Å². The average Bonchev–Trinajstić information content (AvgIpc) is 3.16. The maximum absolute atomic E-state index is 14.4. The van der Waals surface area contributed by atoms with Crippen molar-refractivity contribution in [1.29, 1.82) is 0 Å². The van der Waals surface area contributed by atoms with Gasteiger partial charge in [0.15, 0.2) is 0 Å². The highest BCUT2D eigenvalue weighted by Gasteiger charge is 2.40. The van der Waals surface area contributed by atoms with E-state index in [0.29, 0.717) is 12.5 Å². The molecule has 0 aromatic rings. The molecule has 0 spiro atoms. The molecule has 1 atom stereocenters. The molecular formula is C28H33N3O5S. The van der Waals surface area contributed by atoms with Crippen molar-refractivity contribution in [1.82, 2.24) is 15.3 Å². The summed E-state index contributed by atoms with van der Waals surface area (Å²) >= 11 is 1.73. The molecule has 4 aliphatic rings. The van der Waals surface area contributed by atoms with Crippen LogP contribution in [0, 0.1) is 5.92 Å². The smallest absolute Gasteiger partial charge is 0.373 e. The maximum atomic E-state index is 14.4. The number of allylic oxidation sites excluding steroid dienone is 5. The standard InChI is InChI=1S/C28H33N3O5S/c1-4-10-23-20(5-2)24(21-14-8-6-7-13-19(21)17-37-23)30(15-18-11-9-12-18)26(32)25-28(35)36-22(27(33)34)16-31(25)29-3/h4-8,10,14,16,18,24,29,35H,2,9,11-13,15,17H2,1,3H3,(H,33,34)/b10-4-. The van der Waals surface area contributed by atoms with Gasteiger partial charge in [-0.3, -0.25) is 9.80 Å². The fourth-order valence-electron chi connectivity index (χ4n) is 4.83. The number of aliphatic hydroxyl groups is 1. The minimum Gasteiger partial charge on any atom is -0.479 e. The first-order valence-electron chi connectivity index (χ1n) is 12.4. The lowest BCUT2D eigenvalue weighted by Gasteiger charge is -2.40. The second-order valence-corrected chi connectivity index (χ2v) is 10.2. The third kappa shape index (κ3) is 5.47. The van der Waals surface area contributed by atoms with E-state index in [1.54, 1.807) is 23.7 Å². The number of amides is 1. The van der Waals surface area contributed by atoms with Crippen molar-refractivity contribution in [2.24, 2.45) is 5.92 Å². The van der Waals surface area contributed by atoms with Gasteiger partial charge in [-0.1, -0.05) is 61.1 Å². The highest BCUT2D eigenvalue weighted by molar-refractivity contribution is 8.03. The summed E-state index contributed by atoms with van der Waals surface area (Å²) in [6.07, 6.45) is 19.1. The topological polar surface area (TPSA) is 102 Å². The van der Waals surface area contributed by atoms with Crippen LogP contribution in [0.4, 0.5) is 0 Å². The highest BCUT2D eigenvalue weighted by Crippen LogP contribution is 2.41. The largest absolute Gasteiger partial charge is 0.479 e. The molecule has 0 aromatic heterocycles. The van der Waals surface area contributed by atoms with Crippen LogP contribution < -0.4 is 5.43 Å². The molecular weight excluding hydrogens is 490 g/mol. The van der Waals surface area contributed by atoms with E-state index in [4.69, 9.17) is 4.74 Å². The predicted octanol–water partition coefficient (Wildman–Crippen LogP) is 4.68. The number of hydrogen-bond donors (Lipinski definition) is 3. The first-order valence-corrected chi connectivity index (χ1v) is 13.4. The molecule has 4 rings (SSSR count). The second kappa shape index (κ2) is 11.7. The van der Waals surface area contributed by atoms with Crippen LogP contribution in [0.3, 0.4) is 0 Å². The molecule has 9 heteroatoms. The Morgan fingerprint density at radius 2 is 2.14 bits per heavy atom. The van der Waals surface area contributed by atoms with Crippen LogP contribution in [-0.4, -0.2) is 57.4 Å². The molecule has 1 saturated carbocycles. The van der Waals surface area contributed by atoms with Gasteiger partial charge >= 0.3 is 11.9 Å². The minimum atomic E-state index is -1.36. The van der Waals surface area contributed by atoms with E-state index in [1.807, 2.05) is 31.2 Å². The van der Waals surface area contributed by atoms with Crippen molar-refractivity contribution in [2.75, 3.05) is 19.3 Å². The number of carboxylic acids is 1. The van der Waals surface area contributed by atoms with Gasteiger partial charge in [-0.05, 0) is 43.3 Å². The van der Waals surface area contributed by atoms with Gasteiger partial charge in [-0.2, -0.15) is 0 Å². The number of hydrogen-bond acceptors (Lipinski definition) is 7. The number of carbonyl (C=O) groups is 2. The lowest BCUT2D eigenvalue weighted by atomic mass is 9.83. The van der Waals surface area contributed by atoms with Crippen molar-refractivity contribution in [3.8, 4) is 0 Å². The molecule has 1 amide bonds. The molecule has 1 fully saturated rings. The van der Waals surface area contributed by atoms with E-state index in [2.05, 4.69) is 30.2 Å². The molecule has 3 N–H and O–H groups in total. The van der Waals surface area contributed by atoms with E-state index >= 15 is 0 Å². The number of carbonyl (C=O) groups excluding carboxylic acids is 1. The Balaban J connectivity index is 1.87. The zero-order chi connectivity index (χ0) is 26.5. The number of ether oxygens (including phenoxy) is 1. The molecule has 196 valence electrons. The second-order valence-electron chi connectivity index (χ2n) is 9.17. The van der Waals surface area contributed by atoms with Crippen LogP contribution in [-0.2, 0) is 14.3 Å². The van der Waals surface area contributed by atoms with Gasteiger partial charge in [0, 0.05) is 24.3 Å². The number of carboxylic acid groups (broad SMARTS) is 1. The highest BCUT2D eigenvalue weighted by atomic mass is 32.2. The summed E-state index contributed by atoms with van der Waals surface area (Å²) in [5.74, 6) is -1.96. The van der Waals surface area contributed by atoms with Crippen molar-refractivity contribution < 1.29 is 24.5 Å². The first kappa shape index (κ1) is 26.6. The van der Waals surface area contributed by atoms with Crippen LogP contribution in [0.25, 0.3) is 0 Å². The predicted molar refractivity (Wildman–Crippen MR) is 145 cm³/mol. The van der Waals surface area contributed by atoms with Crippen LogP contribution >= 0.6 is 11.8 Å². The molecule has 2 aliphatic heterocycles. The summed E-state index contributed by atoms with van der Waals surface area (Å²) in [6, 6.07) is -0.443. The Kier molecular flexibility index (Phi) is 8.45. The Morgan fingerprint density at radius 1 is 1.35 bits per heavy atom. The Labute approximate surface area is 221 Å². The van der Waals surface area contributed by atoms with Crippen molar-refractivity contribution in [3.63, 3.8) is 0 Å². The number of aliphatic hydroxyl groups excluding tert-OH is 1. The zero-order valence-electron chi connectivity index (χ0n) is 21.1. The molecule has 0 aromatic carbocycles. The maximum Gasteiger partial charge on any atom is 0.373 e. The molecule has 37 heavy (non-hydrogen) atoms. The van der Waals surface area contributed by atoms with Crippen LogP contribution in [0.15, 0.2) is 94.3 Å². The van der Waals surface area contributed by atoms with Gasteiger partial charge < -0.3 is 19.8 Å². The third-order valence-electron chi connectivity index (χ3n) is 6.91. The van der Waals surface area contributed by atoms with E-state index in [1.165, 1.54) is 10.6 Å². The lowest BCUT2D eigenvalue weighted by molar-refractivity contribution is -0.139. The van der Waals surface area contributed by atoms with E-state index in [0.717, 1.165) is 53.7 Å². The number of hydrazine groups is 1. The van der Waals surface area contributed by atoms with Crippen molar-refractivity contribution >= 4 is 23.6 Å². The summed E-state index contributed by atoms with van der Waals surface area (Å²) in [6.45, 7) is 6.57. The van der Waals surface area contributed by atoms with Crippen LogP contribution in [0.2, 0.25) is 0 Å². The normalized spacial score (nSPS) is 22.3. The number of rotatable bonds is 8. The van der Waals surface area contributed by atoms with Crippen molar-refractivity contribution in [3.05, 3.63) is 94.3 Å². The van der Waals surface area contributed by atoms with Gasteiger partial charge in [0.25, 0.3) is 5.91 Å². The average molecular weight is 524 g/mol. The summed E-state index contributed by atoms with van der Waals surface area (Å²) in [5, 5.41) is 21.3. The molecule has 0 bridgehead atoms. The van der Waals surface area contributed by atoms with Gasteiger partial charge in [0.2, 0.25) is 11.5 Å². The zero-order valence-corrected chi connectivity index (χ0v) is 22.0. The van der Waals surface area contributed by atoms with E-state index < -0.39 is 29.6 Å². The van der Waals surface area contributed by atoms with Gasteiger partial charge in [0.1, 0.15) is 0 Å². The summed E-state index contributed by atoms with van der Waals surface area (Å²) < 4.78 is 5.14. The number of aliphatic carboxylic acids is 1. The first-order chi connectivity index (χ1) is 17.9. The number of nitrogens with one attached hydrogen (secondary N) is 1.